The highest BCUT2D eigenvalue weighted by molar-refractivity contribution is 6.07. The van der Waals surface area contributed by atoms with Crippen LogP contribution >= 0.6 is 0 Å². The largest absolute Gasteiger partial charge is 0.491 e. The Morgan fingerprint density at radius 3 is 2.00 bits per heavy atom. The summed E-state index contributed by atoms with van der Waals surface area (Å²) < 4.78 is 10.9. The first-order valence-corrected chi connectivity index (χ1v) is 10.9. The maximum atomic E-state index is 12.7. The zero-order valence-corrected chi connectivity index (χ0v) is 19.3. The zero-order chi connectivity index (χ0) is 23.7. The van der Waals surface area contributed by atoms with E-state index in [1.165, 1.54) is 0 Å². The summed E-state index contributed by atoms with van der Waals surface area (Å²) in [6, 6.07) is 24.0. The van der Waals surface area contributed by atoms with E-state index in [4.69, 9.17) is 9.47 Å². The van der Waals surface area contributed by atoms with Crippen LogP contribution in [0.25, 0.3) is 0 Å². The molecule has 0 bridgehead atoms. The molecule has 3 rings (SSSR count). The van der Waals surface area contributed by atoms with Gasteiger partial charge in [0.2, 0.25) is 5.91 Å². The van der Waals surface area contributed by atoms with E-state index >= 15 is 0 Å². The van der Waals surface area contributed by atoms with Gasteiger partial charge in [-0.15, -0.1) is 0 Å². The van der Waals surface area contributed by atoms with Gasteiger partial charge in [-0.25, -0.2) is 0 Å². The fourth-order valence-electron chi connectivity index (χ4n) is 3.10. The molecule has 0 atom stereocenters. The molecule has 0 aliphatic heterocycles. The van der Waals surface area contributed by atoms with Gasteiger partial charge in [0.15, 0.2) is 0 Å². The van der Waals surface area contributed by atoms with Crippen molar-refractivity contribution in [1.82, 2.24) is 0 Å². The molecule has 3 aromatic carbocycles. The van der Waals surface area contributed by atoms with Gasteiger partial charge in [-0.2, -0.15) is 0 Å². The molecule has 0 fully saturated rings. The van der Waals surface area contributed by atoms with Gasteiger partial charge in [0.25, 0.3) is 5.91 Å². The van der Waals surface area contributed by atoms with E-state index in [9.17, 15) is 9.59 Å². The standard InChI is InChI=1S/C27H30N2O4/c1-27(2,3)21-15-13-20(14-16-21)26(31)29-24-12-8-7-11-23(24)28-25(30)19-32-17-18-33-22-9-5-4-6-10-22/h4-16H,17-19H2,1-3H3,(H,28,30)(H,29,31). The number of hydrogen-bond acceptors (Lipinski definition) is 4. The Balaban J connectivity index is 1.50. The quantitative estimate of drug-likeness (QED) is 0.439. The van der Waals surface area contributed by atoms with E-state index in [1.807, 2.05) is 54.6 Å². The number of amides is 2. The minimum absolute atomic E-state index is 0.0155. The van der Waals surface area contributed by atoms with Crippen LogP contribution in [0.2, 0.25) is 0 Å². The second kappa shape index (κ2) is 11.3. The van der Waals surface area contributed by atoms with Crippen molar-refractivity contribution in [1.29, 1.82) is 0 Å². The molecule has 6 heteroatoms. The fraction of sp³-hybridized carbons (Fsp3) is 0.259. The number of carbonyl (C=O) groups is 2. The Kier molecular flexibility index (Phi) is 8.22. The summed E-state index contributed by atoms with van der Waals surface area (Å²) in [5, 5.41) is 5.66. The van der Waals surface area contributed by atoms with Crippen molar-refractivity contribution in [2.75, 3.05) is 30.5 Å². The number of para-hydroxylation sites is 3. The summed E-state index contributed by atoms with van der Waals surface area (Å²) >= 11 is 0. The number of hydrogen-bond donors (Lipinski definition) is 2. The lowest BCUT2D eigenvalue weighted by atomic mass is 9.87. The Morgan fingerprint density at radius 2 is 1.36 bits per heavy atom. The van der Waals surface area contributed by atoms with Gasteiger partial charge in [0.1, 0.15) is 19.0 Å². The van der Waals surface area contributed by atoms with Crippen LogP contribution in [0.5, 0.6) is 5.75 Å². The van der Waals surface area contributed by atoms with Crippen LogP contribution in [-0.2, 0) is 14.9 Å². The summed E-state index contributed by atoms with van der Waals surface area (Å²) in [4.78, 5) is 25.0. The van der Waals surface area contributed by atoms with Gasteiger partial charge in [0, 0.05) is 5.56 Å². The molecule has 0 aliphatic rings. The number of rotatable bonds is 9. The smallest absolute Gasteiger partial charge is 0.255 e. The summed E-state index contributed by atoms with van der Waals surface area (Å²) in [7, 11) is 0. The molecule has 0 radical (unpaired) electrons. The number of benzene rings is 3. The third-order valence-corrected chi connectivity index (χ3v) is 4.94. The van der Waals surface area contributed by atoms with E-state index in [1.54, 1.807) is 24.3 Å². The van der Waals surface area contributed by atoms with Gasteiger partial charge in [0.05, 0.1) is 18.0 Å². The van der Waals surface area contributed by atoms with Crippen LogP contribution in [0.3, 0.4) is 0 Å². The molecular formula is C27H30N2O4. The predicted octanol–water partition coefficient (Wildman–Crippen LogP) is 5.27. The molecule has 33 heavy (non-hydrogen) atoms. The van der Waals surface area contributed by atoms with Crippen LogP contribution < -0.4 is 15.4 Å². The first-order chi connectivity index (χ1) is 15.8. The summed E-state index contributed by atoms with van der Waals surface area (Å²) in [6.45, 7) is 6.89. The van der Waals surface area contributed by atoms with Crippen molar-refractivity contribution in [3.8, 4) is 5.75 Å². The van der Waals surface area contributed by atoms with E-state index in [2.05, 4.69) is 31.4 Å². The van der Waals surface area contributed by atoms with Crippen molar-refractivity contribution in [3.05, 3.63) is 90.0 Å². The minimum Gasteiger partial charge on any atom is -0.491 e. The number of ether oxygens (including phenoxy) is 2. The number of carbonyl (C=O) groups excluding carboxylic acids is 2. The Hall–Kier alpha value is -3.64. The molecule has 2 N–H and O–H groups in total. The van der Waals surface area contributed by atoms with E-state index < -0.39 is 0 Å². The predicted molar refractivity (Wildman–Crippen MR) is 131 cm³/mol. The van der Waals surface area contributed by atoms with Gasteiger partial charge in [-0.1, -0.05) is 63.2 Å². The van der Waals surface area contributed by atoms with Gasteiger partial charge in [-0.3, -0.25) is 9.59 Å². The first kappa shape index (κ1) is 24.0. The Bertz CT molecular complexity index is 1060. The monoisotopic (exact) mass is 446 g/mol. The second-order valence-corrected chi connectivity index (χ2v) is 8.59. The van der Waals surface area contributed by atoms with Crippen LogP contribution in [0.15, 0.2) is 78.9 Å². The maximum absolute atomic E-state index is 12.7. The molecule has 0 saturated carbocycles. The van der Waals surface area contributed by atoms with Crippen molar-refractivity contribution in [2.45, 2.75) is 26.2 Å². The van der Waals surface area contributed by atoms with E-state index in [0.29, 0.717) is 23.5 Å². The van der Waals surface area contributed by atoms with E-state index in [-0.39, 0.29) is 30.4 Å². The first-order valence-electron chi connectivity index (χ1n) is 10.9. The van der Waals surface area contributed by atoms with E-state index in [0.717, 1.165) is 11.3 Å². The summed E-state index contributed by atoms with van der Waals surface area (Å²) in [5.74, 6) is 0.195. The van der Waals surface area contributed by atoms with Gasteiger partial charge in [-0.05, 0) is 47.4 Å². The Labute approximate surface area is 194 Å². The molecule has 0 unspecified atom stereocenters. The van der Waals surface area contributed by atoms with Crippen molar-refractivity contribution >= 4 is 23.2 Å². The molecule has 0 spiro atoms. The van der Waals surface area contributed by atoms with Crippen LogP contribution in [0, 0.1) is 0 Å². The SMILES string of the molecule is CC(C)(C)c1ccc(C(=O)Nc2ccccc2NC(=O)COCCOc2ccccc2)cc1. The van der Waals surface area contributed by atoms with Gasteiger partial charge >= 0.3 is 0 Å². The average molecular weight is 447 g/mol. The van der Waals surface area contributed by atoms with Crippen LogP contribution in [0.4, 0.5) is 11.4 Å². The highest BCUT2D eigenvalue weighted by Crippen LogP contribution is 2.24. The normalized spacial score (nSPS) is 11.0. The molecule has 6 nitrogen and oxygen atoms in total. The molecule has 172 valence electrons. The molecule has 0 aliphatic carbocycles. The molecule has 0 aromatic heterocycles. The maximum Gasteiger partial charge on any atom is 0.255 e. The second-order valence-electron chi connectivity index (χ2n) is 8.59. The lowest BCUT2D eigenvalue weighted by Gasteiger charge is -2.19. The number of anilines is 2. The van der Waals surface area contributed by atoms with Crippen molar-refractivity contribution in [3.63, 3.8) is 0 Å². The molecule has 2 amide bonds. The molecular weight excluding hydrogens is 416 g/mol. The Morgan fingerprint density at radius 1 is 0.758 bits per heavy atom. The van der Waals surface area contributed by atoms with Crippen LogP contribution in [-0.4, -0.2) is 31.6 Å². The third-order valence-electron chi connectivity index (χ3n) is 4.94. The minimum atomic E-state index is -0.314. The summed E-state index contributed by atoms with van der Waals surface area (Å²) in [5.41, 5.74) is 2.74. The summed E-state index contributed by atoms with van der Waals surface area (Å²) in [6.07, 6.45) is 0. The molecule has 0 heterocycles. The average Bonchev–Trinajstić information content (AvgIpc) is 2.80. The lowest BCUT2D eigenvalue weighted by molar-refractivity contribution is -0.120. The zero-order valence-electron chi connectivity index (χ0n) is 19.3. The van der Waals surface area contributed by atoms with Crippen molar-refractivity contribution in [2.24, 2.45) is 0 Å². The lowest BCUT2D eigenvalue weighted by Crippen LogP contribution is -2.21. The highest BCUT2D eigenvalue weighted by Gasteiger charge is 2.15. The number of nitrogens with one attached hydrogen (secondary N) is 2. The van der Waals surface area contributed by atoms with Crippen LogP contribution in [0.1, 0.15) is 36.7 Å². The highest BCUT2D eigenvalue weighted by atomic mass is 16.5. The molecule has 3 aromatic rings. The molecule has 0 saturated heterocycles. The topological polar surface area (TPSA) is 76.7 Å². The van der Waals surface area contributed by atoms with Gasteiger partial charge < -0.3 is 20.1 Å². The fourth-order valence-corrected chi connectivity index (χ4v) is 3.10. The van der Waals surface area contributed by atoms with Crippen molar-refractivity contribution < 1.29 is 19.1 Å². The third kappa shape index (κ3) is 7.47.